The molecule has 98 valence electrons. The van der Waals surface area contributed by atoms with Crippen molar-refractivity contribution in [1.82, 2.24) is 19.7 Å². The van der Waals surface area contributed by atoms with Gasteiger partial charge < -0.3 is 4.90 Å². The van der Waals surface area contributed by atoms with E-state index in [0.29, 0.717) is 13.0 Å². The Hall–Kier alpha value is -2.17. The van der Waals surface area contributed by atoms with E-state index in [-0.39, 0.29) is 5.91 Å². The maximum atomic E-state index is 12.2. The van der Waals surface area contributed by atoms with Gasteiger partial charge in [0.05, 0.1) is 6.54 Å². The van der Waals surface area contributed by atoms with Gasteiger partial charge in [0.15, 0.2) is 0 Å². The molecule has 0 bridgehead atoms. The van der Waals surface area contributed by atoms with Crippen LogP contribution in [0.15, 0.2) is 36.9 Å². The first kappa shape index (κ1) is 11.9. The number of fused-ring (bicyclic) bond motifs is 1. The molecule has 0 saturated carbocycles. The molecular weight excluding hydrogens is 240 g/mol. The molecule has 0 radical (unpaired) electrons. The number of hydrogen-bond donors (Lipinski definition) is 0. The number of carbonyl (C=O) groups excluding carboxylic acids is 1. The van der Waals surface area contributed by atoms with E-state index < -0.39 is 0 Å². The molecule has 0 N–H and O–H groups in total. The van der Waals surface area contributed by atoms with Crippen LogP contribution in [0.25, 0.3) is 0 Å². The molecule has 5 heteroatoms. The van der Waals surface area contributed by atoms with E-state index >= 15 is 0 Å². The number of rotatable bonds is 3. The molecular formula is C14H16N4O. The van der Waals surface area contributed by atoms with E-state index in [2.05, 4.69) is 28.3 Å². The summed E-state index contributed by atoms with van der Waals surface area (Å²) in [7, 11) is 0. The summed E-state index contributed by atoms with van der Waals surface area (Å²) >= 11 is 0. The number of hydrogen-bond acceptors (Lipinski definition) is 3. The molecule has 1 aromatic carbocycles. The number of amides is 1. The molecule has 3 rings (SSSR count). The summed E-state index contributed by atoms with van der Waals surface area (Å²) in [6.45, 7) is 2.14. The van der Waals surface area contributed by atoms with Gasteiger partial charge in [-0.2, -0.15) is 5.10 Å². The topological polar surface area (TPSA) is 51.0 Å². The average Bonchev–Trinajstić information content (AvgIpc) is 2.97. The second-order valence-electron chi connectivity index (χ2n) is 4.74. The summed E-state index contributed by atoms with van der Waals surface area (Å²) in [6.07, 6.45) is 4.55. The van der Waals surface area contributed by atoms with Crippen LogP contribution >= 0.6 is 0 Å². The molecule has 0 saturated heterocycles. The van der Waals surface area contributed by atoms with Crippen molar-refractivity contribution in [2.24, 2.45) is 0 Å². The standard InChI is InChI=1S/C14H16N4O/c19-14(6-8-18-11-15-10-16-18)17-7-5-12-3-1-2-4-13(12)9-17/h1-4,10-11H,5-9H2. The third-order valence-electron chi connectivity index (χ3n) is 3.50. The second-order valence-corrected chi connectivity index (χ2v) is 4.74. The fourth-order valence-electron chi connectivity index (χ4n) is 2.43. The first-order valence-corrected chi connectivity index (χ1v) is 6.50. The highest BCUT2D eigenvalue weighted by atomic mass is 16.2. The Labute approximate surface area is 111 Å². The zero-order valence-electron chi connectivity index (χ0n) is 10.7. The van der Waals surface area contributed by atoms with Crippen molar-refractivity contribution >= 4 is 5.91 Å². The highest BCUT2D eigenvalue weighted by Crippen LogP contribution is 2.18. The average molecular weight is 256 g/mol. The zero-order chi connectivity index (χ0) is 13.1. The molecule has 1 aromatic heterocycles. The maximum absolute atomic E-state index is 12.2. The summed E-state index contributed by atoms with van der Waals surface area (Å²) in [4.78, 5) is 18.0. The van der Waals surface area contributed by atoms with Gasteiger partial charge in [0.2, 0.25) is 5.91 Å². The van der Waals surface area contributed by atoms with Crippen LogP contribution in [-0.4, -0.2) is 32.1 Å². The van der Waals surface area contributed by atoms with Gasteiger partial charge in [-0.05, 0) is 17.5 Å². The predicted molar refractivity (Wildman–Crippen MR) is 70.2 cm³/mol. The number of nitrogens with zero attached hydrogens (tertiary/aromatic N) is 4. The van der Waals surface area contributed by atoms with E-state index in [1.165, 1.54) is 17.5 Å². The van der Waals surface area contributed by atoms with Crippen molar-refractivity contribution in [2.45, 2.75) is 25.9 Å². The minimum Gasteiger partial charge on any atom is -0.338 e. The largest absolute Gasteiger partial charge is 0.338 e. The molecule has 1 amide bonds. The second kappa shape index (κ2) is 5.22. The predicted octanol–water partition coefficient (Wildman–Crippen LogP) is 1.25. The van der Waals surface area contributed by atoms with Crippen LogP contribution in [0.3, 0.4) is 0 Å². The first-order chi connectivity index (χ1) is 9.33. The minimum atomic E-state index is 0.185. The Bertz CT molecular complexity index is 565. The normalized spacial score (nSPS) is 14.2. The van der Waals surface area contributed by atoms with Gasteiger partial charge in [0, 0.05) is 19.5 Å². The van der Waals surface area contributed by atoms with Crippen molar-refractivity contribution < 1.29 is 4.79 Å². The number of carbonyl (C=O) groups is 1. The summed E-state index contributed by atoms with van der Waals surface area (Å²) < 4.78 is 1.69. The number of benzene rings is 1. The van der Waals surface area contributed by atoms with Crippen LogP contribution in [0, 0.1) is 0 Å². The zero-order valence-corrected chi connectivity index (χ0v) is 10.7. The van der Waals surface area contributed by atoms with Gasteiger partial charge in [-0.15, -0.1) is 0 Å². The van der Waals surface area contributed by atoms with Gasteiger partial charge in [-0.1, -0.05) is 24.3 Å². The molecule has 0 aliphatic carbocycles. The molecule has 1 aliphatic heterocycles. The highest BCUT2D eigenvalue weighted by Gasteiger charge is 2.19. The minimum absolute atomic E-state index is 0.185. The lowest BCUT2D eigenvalue weighted by Crippen LogP contribution is -2.36. The lowest BCUT2D eigenvalue weighted by Gasteiger charge is -2.28. The lowest BCUT2D eigenvalue weighted by atomic mass is 10.00. The van der Waals surface area contributed by atoms with Gasteiger partial charge in [-0.25, -0.2) is 4.98 Å². The number of aryl methyl sites for hydroxylation is 1. The maximum Gasteiger partial charge on any atom is 0.224 e. The quantitative estimate of drug-likeness (QED) is 0.830. The molecule has 0 fully saturated rings. The molecule has 1 aliphatic rings. The van der Waals surface area contributed by atoms with Crippen molar-refractivity contribution in [2.75, 3.05) is 6.54 Å². The molecule has 0 spiro atoms. The molecule has 2 heterocycles. The van der Waals surface area contributed by atoms with Crippen LogP contribution < -0.4 is 0 Å². The molecule has 5 nitrogen and oxygen atoms in total. The van der Waals surface area contributed by atoms with Gasteiger partial charge >= 0.3 is 0 Å². The lowest BCUT2D eigenvalue weighted by molar-refractivity contribution is -0.132. The molecule has 0 unspecified atom stereocenters. The van der Waals surface area contributed by atoms with E-state index in [4.69, 9.17) is 0 Å². The van der Waals surface area contributed by atoms with Crippen molar-refractivity contribution in [3.8, 4) is 0 Å². The van der Waals surface area contributed by atoms with Crippen LogP contribution in [0.5, 0.6) is 0 Å². The Morgan fingerprint density at radius 3 is 2.89 bits per heavy atom. The Morgan fingerprint density at radius 2 is 2.11 bits per heavy atom. The summed E-state index contributed by atoms with van der Waals surface area (Å²) in [6, 6.07) is 8.34. The monoisotopic (exact) mass is 256 g/mol. The third-order valence-corrected chi connectivity index (χ3v) is 3.50. The van der Waals surface area contributed by atoms with E-state index in [1.54, 1.807) is 11.0 Å². The van der Waals surface area contributed by atoms with E-state index in [9.17, 15) is 4.79 Å². The van der Waals surface area contributed by atoms with E-state index in [0.717, 1.165) is 19.5 Å². The summed E-state index contributed by atoms with van der Waals surface area (Å²) in [5, 5.41) is 4.00. The summed E-state index contributed by atoms with van der Waals surface area (Å²) in [5.74, 6) is 0.185. The smallest absolute Gasteiger partial charge is 0.224 e. The molecule has 2 aromatic rings. The fourth-order valence-corrected chi connectivity index (χ4v) is 2.43. The van der Waals surface area contributed by atoms with Crippen LogP contribution in [0.2, 0.25) is 0 Å². The third kappa shape index (κ3) is 2.65. The van der Waals surface area contributed by atoms with E-state index in [1.807, 2.05) is 11.0 Å². The van der Waals surface area contributed by atoms with Crippen LogP contribution in [0.4, 0.5) is 0 Å². The first-order valence-electron chi connectivity index (χ1n) is 6.50. The van der Waals surface area contributed by atoms with Crippen molar-refractivity contribution in [3.63, 3.8) is 0 Å². The summed E-state index contributed by atoms with van der Waals surface area (Å²) in [5.41, 5.74) is 2.63. The Balaban J connectivity index is 1.60. The van der Waals surface area contributed by atoms with Crippen LogP contribution in [0.1, 0.15) is 17.5 Å². The highest BCUT2D eigenvalue weighted by molar-refractivity contribution is 5.76. The SMILES string of the molecule is O=C(CCn1cncn1)N1CCc2ccccc2C1. The van der Waals surface area contributed by atoms with Crippen molar-refractivity contribution in [1.29, 1.82) is 0 Å². The van der Waals surface area contributed by atoms with Gasteiger partial charge in [-0.3, -0.25) is 9.48 Å². The van der Waals surface area contributed by atoms with Crippen LogP contribution in [-0.2, 0) is 24.3 Å². The Kier molecular flexibility index (Phi) is 3.27. The number of aromatic nitrogens is 3. The van der Waals surface area contributed by atoms with Gasteiger partial charge in [0.1, 0.15) is 12.7 Å². The van der Waals surface area contributed by atoms with Crippen molar-refractivity contribution in [3.05, 3.63) is 48.0 Å². The van der Waals surface area contributed by atoms with Gasteiger partial charge in [0.25, 0.3) is 0 Å². The molecule has 0 atom stereocenters. The molecule has 19 heavy (non-hydrogen) atoms. The Morgan fingerprint density at radius 1 is 1.26 bits per heavy atom. The fraction of sp³-hybridized carbons (Fsp3) is 0.357.